The Morgan fingerprint density at radius 1 is 1.44 bits per heavy atom. The summed E-state index contributed by atoms with van der Waals surface area (Å²) in [5, 5.41) is 11.1. The fourth-order valence-corrected chi connectivity index (χ4v) is 1.08. The molecule has 1 unspecified atom stereocenters. The minimum Gasteiger partial charge on any atom is -0.480 e. The number of hydrogen-bond acceptors (Lipinski definition) is 4. The molecule has 0 radical (unpaired) electrons. The first-order valence-electron chi connectivity index (χ1n) is 4.87. The maximum Gasteiger partial charge on any atom is 0.326 e. The molecule has 1 heterocycles. The van der Waals surface area contributed by atoms with E-state index in [1.165, 1.54) is 12.4 Å². The summed E-state index contributed by atoms with van der Waals surface area (Å²) in [5.74, 6) is -1.59. The Morgan fingerprint density at radius 2 is 2.12 bits per heavy atom. The molecule has 1 atom stereocenters. The van der Waals surface area contributed by atoms with E-state index >= 15 is 0 Å². The predicted octanol–water partition coefficient (Wildman–Crippen LogP) is 0.378. The summed E-state index contributed by atoms with van der Waals surface area (Å²) >= 11 is 0. The molecule has 0 saturated heterocycles. The van der Waals surface area contributed by atoms with Gasteiger partial charge in [0.2, 0.25) is 0 Å². The second-order valence-corrected chi connectivity index (χ2v) is 3.32. The molecule has 0 aliphatic heterocycles. The van der Waals surface area contributed by atoms with Crippen LogP contribution in [0, 0.1) is 6.92 Å². The number of aliphatic carboxylic acids is 1. The number of carbonyl (C=O) groups excluding carboxylic acids is 1. The Morgan fingerprint density at radius 3 is 2.56 bits per heavy atom. The van der Waals surface area contributed by atoms with Crippen LogP contribution in [-0.2, 0) is 4.79 Å². The average Bonchev–Trinajstić information content (AvgIpc) is 2.26. The van der Waals surface area contributed by atoms with Crippen molar-refractivity contribution in [1.29, 1.82) is 0 Å². The summed E-state index contributed by atoms with van der Waals surface area (Å²) in [7, 11) is 0. The fourth-order valence-electron chi connectivity index (χ4n) is 1.08. The van der Waals surface area contributed by atoms with Crippen molar-refractivity contribution < 1.29 is 14.7 Å². The number of carboxylic acid groups (broad SMARTS) is 1. The topological polar surface area (TPSA) is 92.2 Å². The van der Waals surface area contributed by atoms with Crippen molar-refractivity contribution in [2.75, 3.05) is 0 Å². The Kier molecular flexibility index (Phi) is 3.93. The largest absolute Gasteiger partial charge is 0.480 e. The van der Waals surface area contributed by atoms with Crippen molar-refractivity contribution in [3.63, 3.8) is 0 Å². The monoisotopic (exact) mass is 223 g/mol. The van der Waals surface area contributed by atoms with Crippen molar-refractivity contribution in [3.8, 4) is 0 Å². The van der Waals surface area contributed by atoms with E-state index in [-0.39, 0.29) is 5.69 Å². The number of carboxylic acids is 1. The van der Waals surface area contributed by atoms with Gasteiger partial charge in [-0.3, -0.25) is 9.78 Å². The van der Waals surface area contributed by atoms with Crippen molar-refractivity contribution in [1.82, 2.24) is 15.3 Å². The van der Waals surface area contributed by atoms with E-state index in [1.54, 1.807) is 13.8 Å². The highest BCUT2D eigenvalue weighted by molar-refractivity contribution is 5.94. The SMILES string of the molecule is CCC(NC(=O)c1cnc(C)cn1)C(=O)O. The van der Waals surface area contributed by atoms with Crippen LogP contribution in [0.25, 0.3) is 0 Å². The van der Waals surface area contributed by atoms with Crippen LogP contribution >= 0.6 is 0 Å². The molecule has 1 aromatic heterocycles. The van der Waals surface area contributed by atoms with Crippen LogP contribution in [0.5, 0.6) is 0 Å². The van der Waals surface area contributed by atoms with E-state index in [0.29, 0.717) is 12.1 Å². The minimum absolute atomic E-state index is 0.116. The summed E-state index contributed by atoms with van der Waals surface area (Å²) in [6, 6.07) is -0.893. The van der Waals surface area contributed by atoms with Crippen LogP contribution < -0.4 is 5.32 Å². The predicted molar refractivity (Wildman–Crippen MR) is 56.0 cm³/mol. The van der Waals surface area contributed by atoms with Crippen LogP contribution in [0.15, 0.2) is 12.4 Å². The van der Waals surface area contributed by atoms with E-state index < -0.39 is 17.9 Å². The maximum atomic E-state index is 11.6. The van der Waals surface area contributed by atoms with E-state index in [1.807, 2.05) is 0 Å². The standard InChI is InChI=1S/C10H13N3O3/c1-3-7(10(15)16)13-9(14)8-5-11-6(2)4-12-8/h4-5,7H,3H2,1-2H3,(H,13,14)(H,15,16). The molecular formula is C10H13N3O3. The average molecular weight is 223 g/mol. The molecule has 6 heteroatoms. The Balaban J connectivity index is 2.71. The molecule has 16 heavy (non-hydrogen) atoms. The highest BCUT2D eigenvalue weighted by Gasteiger charge is 2.19. The second-order valence-electron chi connectivity index (χ2n) is 3.32. The zero-order chi connectivity index (χ0) is 12.1. The number of hydrogen-bond donors (Lipinski definition) is 2. The molecular weight excluding hydrogens is 210 g/mol. The molecule has 0 aliphatic rings. The lowest BCUT2D eigenvalue weighted by atomic mass is 10.2. The lowest BCUT2D eigenvalue weighted by Crippen LogP contribution is -2.40. The molecule has 0 aromatic carbocycles. The third-order valence-electron chi connectivity index (χ3n) is 2.03. The van der Waals surface area contributed by atoms with Crippen molar-refractivity contribution >= 4 is 11.9 Å². The van der Waals surface area contributed by atoms with Gasteiger partial charge < -0.3 is 10.4 Å². The quantitative estimate of drug-likeness (QED) is 0.769. The highest BCUT2D eigenvalue weighted by Crippen LogP contribution is 1.97. The molecule has 0 bridgehead atoms. The van der Waals surface area contributed by atoms with Gasteiger partial charge in [0.05, 0.1) is 11.9 Å². The van der Waals surface area contributed by atoms with Gasteiger partial charge in [-0.1, -0.05) is 6.92 Å². The molecule has 1 rings (SSSR count). The first-order valence-corrected chi connectivity index (χ1v) is 4.87. The van der Waals surface area contributed by atoms with Gasteiger partial charge in [0.25, 0.3) is 5.91 Å². The van der Waals surface area contributed by atoms with E-state index in [4.69, 9.17) is 5.11 Å². The molecule has 0 aliphatic carbocycles. The summed E-state index contributed by atoms with van der Waals surface area (Å²) in [5.41, 5.74) is 0.812. The van der Waals surface area contributed by atoms with Crippen LogP contribution in [0.4, 0.5) is 0 Å². The van der Waals surface area contributed by atoms with Crippen LogP contribution in [0.3, 0.4) is 0 Å². The van der Waals surface area contributed by atoms with Crippen molar-refractivity contribution in [3.05, 3.63) is 23.8 Å². The van der Waals surface area contributed by atoms with Gasteiger partial charge in [0.1, 0.15) is 11.7 Å². The molecule has 1 aromatic rings. The van der Waals surface area contributed by atoms with Crippen LogP contribution in [0.1, 0.15) is 29.5 Å². The summed E-state index contributed by atoms with van der Waals surface area (Å²) in [6.07, 6.45) is 3.09. The third kappa shape index (κ3) is 3.01. The fraction of sp³-hybridized carbons (Fsp3) is 0.400. The van der Waals surface area contributed by atoms with Crippen molar-refractivity contribution in [2.45, 2.75) is 26.3 Å². The van der Waals surface area contributed by atoms with Gasteiger partial charge in [0, 0.05) is 6.20 Å². The number of carbonyl (C=O) groups is 2. The number of aromatic nitrogens is 2. The first kappa shape index (κ1) is 12.1. The smallest absolute Gasteiger partial charge is 0.326 e. The number of rotatable bonds is 4. The second kappa shape index (κ2) is 5.20. The summed E-state index contributed by atoms with van der Waals surface area (Å²) in [6.45, 7) is 3.43. The van der Waals surface area contributed by atoms with Gasteiger partial charge >= 0.3 is 5.97 Å². The van der Waals surface area contributed by atoms with E-state index in [0.717, 1.165) is 0 Å². The number of nitrogens with zero attached hydrogens (tertiary/aromatic N) is 2. The normalized spacial score (nSPS) is 11.9. The first-order chi connectivity index (χ1) is 7.54. The number of aryl methyl sites for hydroxylation is 1. The van der Waals surface area contributed by atoms with Gasteiger partial charge in [-0.25, -0.2) is 9.78 Å². The molecule has 0 fully saturated rings. The van der Waals surface area contributed by atoms with E-state index in [2.05, 4.69) is 15.3 Å². The summed E-state index contributed by atoms with van der Waals surface area (Å²) < 4.78 is 0. The third-order valence-corrected chi connectivity index (χ3v) is 2.03. The van der Waals surface area contributed by atoms with Crippen LogP contribution in [0.2, 0.25) is 0 Å². The lowest BCUT2D eigenvalue weighted by molar-refractivity contribution is -0.139. The van der Waals surface area contributed by atoms with Gasteiger partial charge in [-0.05, 0) is 13.3 Å². The van der Waals surface area contributed by atoms with Gasteiger partial charge in [0.15, 0.2) is 0 Å². The molecule has 6 nitrogen and oxygen atoms in total. The molecule has 0 saturated carbocycles. The van der Waals surface area contributed by atoms with Crippen molar-refractivity contribution in [2.24, 2.45) is 0 Å². The Labute approximate surface area is 92.7 Å². The number of nitrogens with one attached hydrogen (secondary N) is 1. The van der Waals surface area contributed by atoms with E-state index in [9.17, 15) is 9.59 Å². The maximum absolute atomic E-state index is 11.6. The summed E-state index contributed by atoms with van der Waals surface area (Å²) in [4.78, 5) is 30.0. The highest BCUT2D eigenvalue weighted by atomic mass is 16.4. The molecule has 2 N–H and O–H groups in total. The Bertz CT molecular complexity index is 389. The Hall–Kier alpha value is -1.98. The van der Waals surface area contributed by atoms with Crippen LogP contribution in [-0.4, -0.2) is 33.0 Å². The number of amides is 1. The zero-order valence-electron chi connectivity index (χ0n) is 9.10. The van der Waals surface area contributed by atoms with Gasteiger partial charge in [-0.15, -0.1) is 0 Å². The molecule has 1 amide bonds. The zero-order valence-corrected chi connectivity index (χ0v) is 9.10. The minimum atomic E-state index is -1.06. The molecule has 0 spiro atoms. The molecule has 86 valence electrons. The van der Waals surface area contributed by atoms with Gasteiger partial charge in [-0.2, -0.15) is 0 Å². The lowest BCUT2D eigenvalue weighted by Gasteiger charge is -2.11.